The van der Waals surface area contributed by atoms with Gasteiger partial charge < -0.3 is 10.3 Å². The van der Waals surface area contributed by atoms with Gasteiger partial charge in [0.25, 0.3) is 5.91 Å². The third kappa shape index (κ3) is 4.51. The van der Waals surface area contributed by atoms with Gasteiger partial charge in [-0.2, -0.15) is 0 Å². The maximum Gasteiger partial charge on any atom is 0.266 e. The highest BCUT2D eigenvalue weighted by Gasteiger charge is 2.33. The molecule has 6 nitrogen and oxygen atoms in total. The maximum atomic E-state index is 12.5. The van der Waals surface area contributed by atoms with E-state index in [9.17, 15) is 9.59 Å². The largest absolute Gasteiger partial charge is 0.354 e. The van der Waals surface area contributed by atoms with Crippen molar-refractivity contribution in [3.63, 3.8) is 0 Å². The molecule has 2 heterocycles. The summed E-state index contributed by atoms with van der Waals surface area (Å²) in [6.45, 7) is 0.346. The number of aromatic amines is 1. The number of hydrogen-bond donors (Lipinski definition) is 2. The predicted molar refractivity (Wildman–Crippen MR) is 107 cm³/mol. The average molecular weight is 407 g/mol. The number of thioether (sulfide) groups is 1. The smallest absolute Gasteiger partial charge is 0.266 e. The molecule has 0 bridgehead atoms. The van der Waals surface area contributed by atoms with Crippen LogP contribution >= 0.6 is 35.6 Å². The van der Waals surface area contributed by atoms with Crippen LogP contribution in [0.15, 0.2) is 41.7 Å². The van der Waals surface area contributed by atoms with Crippen LogP contribution in [0.1, 0.15) is 11.3 Å². The quantitative estimate of drug-likeness (QED) is 0.569. The first-order valence-corrected chi connectivity index (χ1v) is 9.38. The van der Waals surface area contributed by atoms with E-state index in [-0.39, 0.29) is 18.4 Å². The van der Waals surface area contributed by atoms with Crippen LogP contribution in [0.4, 0.5) is 0 Å². The van der Waals surface area contributed by atoms with Gasteiger partial charge >= 0.3 is 0 Å². The van der Waals surface area contributed by atoms with Crippen LogP contribution in [-0.2, 0) is 16.0 Å². The Labute approximate surface area is 165 Å². The number of carbonyl (C=O) groups is 2. The van der Waals surface area contributed by atoms with Crippen molar-refractivity contribution in [1.82, 2.24) is 20.2 Å². The lowest BCUT2D eigenvalue weighted by atomic mass is 10.2. The molecule has 0 spiro atoms. The molecule has 134 valence electrons. The number of aromatic nitrogens is 2. The van der Waals surface area contributed by atoms with E-state index in [1.54, 1.807) is 24.7 Å². The molecule has 2 amide bonds. The van der Waals surface area contributed by atoms with Gasteiger partial charge in [0.1, 0.15) is 10.9 Å². The Balaban J connectivity index is 1.58. The third-order valence-corrected chi connectivity index (χ3v) is 5.36. The highest BCUT2D eigenvalue weighted by molar-refractivity contribution is 8.26. The Morgan fingerprint density at radius 3 is 2.96 bits per heavy atom. The van der Waals surface area contributed by atoms with Gasteiger partial charge in [-0.1, -0.05) is 53.8 Å². The Hall–Kier alpha value is -2.16. The highest BCUT2D eigenvalue weighted by atomic mass is 35.5. The fourth-order valence-corrected chi connectivity index (χ4v) is 3.76. The normalized spacial score (nSPS) is 15.7. The first-order valence-electron chi connectivity index (χ1n) is 7.78. The van der Waals surface area contributed by atoms with Gasteiger partial charge in [0.15, 0.2) is 0 Å². The van der Waals surface area contributed by atoms with Crippen molar-refractivity contribution in [2.24, 2.45) is 0 Å². The van der Waals surface area contributed by atoms with Crippen molar-refractivity contribution in [3.05, 3.63) is 58.0 Å². The van der Waals surface area contributed by atoms with Crippen molar-refractivity contribution in [2.75, 3.05) is 13.1 Å². The molecule has 1 aliphatic heterocycles. The van der Waals surface area contributed by atoms with Crippen LogP contribution in [0.5, 0.6) is 0 Å². The van der Waals surface area contributed by atoms with Gasteiger partial charge in [0.05, 0.1) is 11.2 Å². The summed E-state index contributed by atoms with van der Waals surface area (Å²) in [5.41, 5.74) is 1.66. The molecule has 0 saturated carbocycles. The van der Waals surface area contributed by atoms with Crippen LogP contribution < -0.4 is 5.32 Å². The summed E-state index contributed by atoms with van der Waals surface area (Å²) < 4.78 is 0.358. The summed E-state index contributed by atoms with van der Waals surface area (Å²) in [4.78, 5) is 33.3. The minimum absolute atomic E-state index is 0.104. The zero-order valence-corrected chi connectivity index (χ0v) is 16.0. The summed E-state index contributed by atoms with van der Waals surface area (Å²) in [6, 6.07) is 7.22. The first kappa shape index (κ1) is 18.6. The average Bonchev–Trinajstić information content (AvgIpc) is 3.21. The van der Waals surface area contributed by atoms with Gasteiger partial charge in [-0.3, -0.25) is 14.5 Å². The van der Waals surface area contributed by atoms with Gasteiger partial charge in [0.2, 0.25) is 5.91 Å². The number of nitrogens with one attached hydrogen (secondary N) is 2. The van der Waals surface area contributed by atoms with Crippen molar-refractivity contribution < 1.29 is 9.59 Å². The van der Waals surface area contributed by atoms with E-state index in [1.165, 1.54) is 16.7 Å². The van der Waals surface area contributed by atoms with E-state index < -0.39 is 0 Å². The number of hydrogen-bond acceptors (Lipinski definition) is 5. The molecule has 1 aromatic carbocycles. The second-order valence-electron chi connectivity index (χ2n) is 5.47. The lowest BCUT2D eigenvalue weighted by molar-refractivity contribution is -0.128. The fourth-order valence-electron chi connectivity index (χ4n) is 2.33. The number of imidazole rings is 1. The topological polar surface area (TPSA) is 78.1 Å². The van der Waals surface area contributed by atoms with E-state index >= 15 is 0 Å². The molecule has 0 radical (unpaired) electrons. The van der Waals surface area contributed by atoms with Crippen molar-refractivity contribution in [3.8, 4) is 0 Å². The summed E-state index contributed by atoms with van der Waals surface area (Å²) in [7, 11) is 0. The molecule has 0 atom stereocenters. The molecule has 1 saturated heterocycles. The highest BCUT2D eigenvalue weighted by Crippen LogP contribution is 2.33. The molecule has 1 aliphatic rings. The molecule has 2 aromatic rings. The van der Waals surface area contributed by atoms with E-state index in [0.29, 0.717) is 27.2 Å². The maximum absolute atomic E-state index is 12.5. The summed E-state index contributed by atoms with van der Waals surface area (Å²) in [5, 5.41) is 3.32. The molecule has 3 rings (SSSR count). The number of rotatable bonds is 6. The van der Waals surface area contributed by atoms with Gasteiger partial charge in [-0.05, 0) is 17.7 Å². The van der Waals surface area contributed by atoms with E-state index in [4.69, 9.17) is 23.8 Å². The minimum Gasteiger partial charge on any atom is -0.354 e. The Morgan fingerprint density at radius 2 is 2.23 bits per heavy atom. The molecular formula is C17H15ClN4O2S2. The number of nitrogens with zero attached hydrogens (tertiary/aromatic N) is 2. The van der Waals surface area contributed by atoms with Crippen LogP contribution in [0.25, 0.3) is 6.08 Å². The number of carbonyl (C=O) groups excluding carboxylic acids is 2. The molecule has 1 fully saturated rings. The lowest BCUT2D eigenvalue weighted by Gasteiger charge is -2.14. The molecule has 1 aromatic heterocycles. The van der Waals surface area contributed by atoms with Crippen LogP contribution in [-0.4, -0.2) is 44.1 Å². The Bertz CT molecular complexity index is 867. The number of halogens is 1. The van der Waals surface area contributed by atoms with Gasteiger partial charge in [-0.25, -0.2) is 4.98 Å². The minimum atomic E-state index is -0.288. The number of benzene rings is 1. The van der Waals surface area contributed by atoms with Gasteiger partial charge in [-0.15, -0.1) is 0 Å². The Morgan fingerprint density at radius 1 is 1.42 bits per heavy atom. The monoisotopic (exact) mass is 406 g/mol. The zero-order chi connectivity index (χ0) is 18.5. The summed E-state index contributed by atoms with van der Waals surface area (Å²) in [6.07, 6.45) is 5.62. The van der Waals surface area contributed by atoms with Crippen LogP contribution in [0.3, 0.4) is 0 Å². The van der Waals surface area contributed by atoms with Gasteiger partial charge in [0, 0.05) is 29.9 Å². The molecule has 0 unspecified atom stereocenters. The SMILES string of the molecule is O=C(CN1C(=O)/C(=C/c2ccccc2Cl)SC1=S)NCCc1cnc[nH]1. The summed E-state index contributed by atoms with van der Waals surface area (Å²) in [5.74, 6) is -0.552. The standard InChI is InChI=1S/C17H15ClN4O2S2/c18-13-4-2-1-3-11(13)7-14-16(24)22(17(25)26-14)9-15(23)20-6-5-12-8-19-10-21-12/h1-4,7-8,10H,5-6,9H2,(H,19,21)(H,20,23)/b14-7-. The molecule has 26 heavy (non-hydrogen) atoms. The fraction of sp³-hybridized carbons (Fsp3) is 0.176. The molecule has 0 aliphatic carbocycles. The van der Waals surface area contributed by atoms with E-state index in [2.05, 4.69) is 15.3 Å². The van der Waals surface area contributed by atoms with Crippen LogP contribution in [0.2, 0.25) is 5.02 Å². The number of H-pyrrole nitrogens is 1. The first-order chi connectivity index (χ1) is 12.5. The van der Waals surface area contributed by atoms with Crippen LogP contribution in [0, 0.1) is 0 Å². The van der Waals surface area contributed by atoms with Crippen molar-refractivity contribution in [1.29, 1.82) is 0 Å². The van der Waals surface area contributed by atoms with Crippen molar-refractivity contribution in [2.45, 2.75) is 6.42 Å². The molecule has 2 N–H and O–H groups in total. The second-order valence-corrected chi connectivity index (χ2v) is 7.55. The zero-order valence-electron chi connectivity index (χ0n) is 13.6. The van der Waals surface area contributed by atoms with E-state index in [0.717, 1.165) is 11.3 Å². The Kier molecular flexibility index (Phi) is 6.08. The molecule has 9 heteroatoms. The predicted octanol–water partition coefficient (Wildman–Crippen LogP) is 2.62. The number of thiocarbonyl (C=S) groups is 1. The second kappa shape index (κ2) is 8.48. The van der Waals surface area contributed by atoms with Crippen molar-refractivity contribution >= 4 is 57.8 Å². The third-order valence-electron chi connectivity index (χ3n) is 3.64. The number of amides is 2. The lowest BCUT2D eigenvalue weighted by Crippen LogP contribution is -2.40. The summed E-state index contributed by atoms with van der Waals surface area (Å²) >= 11 is 12.5. The van der Waals surface area contributed by atoms with E-state index in [1.807, 2.05) is 18.2 Å². The molecular weight excluding hydrogens is 392 g/mol.